The summed E-state index contributed by atoms with van der Waals surface area (Å²) in [5.41, 5.74) is -0.584. The molecule has 0 amide bonds. The van der Waals surface area contributed by atoms with Crippen LogP contribution in [0.1, 0.15) is 39.4 Å². The zero-order valence-electron chi connectivity index (χ0n) is 11.3. The average Bonchev–Trinajstić information content (AvgIpc) is 2.27. The van der Waals surface area contributed by atoms with Crippen molar-refractivity contribution in [3.05, 3.63) is 29.6 Å². The third-order valence-corrected chi connectivity index (χ3v) is 3.19. The van der Waals surface area contributed by atoms with Crippen LogP contribution in [-0.2, 0) is 0 Å². The van der Waals surface area contributed by atoms with Crippen LogP contribution in [0, 0.1) is 11.7 Å². The van der Waals surface area contributed by atoms with Gasteiger partial charge in [0.2, 0.25) is 0 Å². The van der Waals surface area contributed by atoms with Gasteiger partial charge in [-0.2, -0.15) is 0 Å². The third-order valence-electron chi connectivity index (χ3n) is 3.19. The fourth-order valence-electron chi connectivity index (χ4n) is 1.37. The van der Waals surface area contributed by atoms with Gasteiger partial charge in [-0.15, -0.1) is 0 Å². The number of benzene rings is 1. The molecule has 1 aromatic rings. The molecule has 18 heavy (non-hydrogen) atoms. The fraction of sp³-hybridized carbons (Fsp3) is 0.571. The van der Waals surface area contributed by atoms with Gasteiger partial charge in [0, 0.05) is 5.56 Å². The van der Waals surface area contributed by atoms with Crippen molar-refractivity contribution in [2.24, 2.45) is 5.92 Å². The van der Waals surface area contributed by atoms with Crippen molar-refractivity contribution in [1.29, 1.82) is 0 Å². The van der Waals surface area contributed by atoms with Crippen LogP contribution in [0.5, 0.6) is 5.75 Å². The van der Waals surface area contributed by atoms with Crippen molar-refractivity contribution in [2.45, 2.75) is 39.4 Å². The summed E-state index contributed by atoms with van der Waals surface area (Å²) in [5, 5.41) is 19.6. The monoisotopic (exact) mass is 256 g/mol. The van der Waals surface area contributed by atoms with E-state index < -0.39 is 17.5 Å². The van der Waals surface area contributed by atoms with E-state index >= 15 is 0 Å². The molecule has 0 spiro atoms. The first-order valence-electron chi connectivity index (χ1n) is 6.06. The molecule has 0 aliphatic heterocycles. The average molecular weight is 256 g/mol. The molecule has 0 radical (unpaired) electrons. The molecule has 1 aromatic carbocycles. The Morgan fingerprint density at radius 3 is 2.44 bits per heavy atom. The molecule has 0 aliphatic rings. The van der Waals surface area contributed by atoms with Crippen molar-refractivity contribution in [1.82, 2.24) is 0 Å². The zero-order valence-corrected chi connectivity index (χ0v) is 11.3. The highest BCUT2D eigenvalue weighted by atomic mass is 19.1. The fourth-order valence-corrected chi connectivity index (χ4v) is 1.37. The van der Waals surface area contributed by atoms with E-state index in [0.29, 0.717) is 11.3 Å². The van der Waals surface area contributed by atoms with E-state index in [1.54, 1.807) is 13.8 Å². The van der Waals surface area contributed by atoms with Crippen LogP contribution < -0.4 is 4.74 Å². The number of rotatable bonds is 5. The first-order valence-corrected chi connectivity index (χ1v) is 6.06. The van der Waals surface area contributed by atoms with Gasteiger partial charge in [0.05, 0.1) is 11.7 Å². The second-order valence-electron chi connectivity index (χ2n) is 5.16. The molecule has 0 saturated heterocycles. The molecule has 0 aliphatic carbocycles. The predicted molar refractivity (Wildman–Crippen MR) is 68.0 cm³/mol. The summed E-state index contributed by atoms with van der Waals surface area (Å²) in [6.07, 6.45) is -0.820. The molecule has 102 valence electrons. The molecule has 1 rings (SSSR count). The highest BCUT2D eigenvalue weighted by Crippen LogP contribution is 2.27. The Balaban J connectivity index is 2.85. The van der Waals surface area contributed by atoms with Gasteiger partial charge in [-0.25, -0.2) is 4.39 Å². The lowest BCUT2D eigenvalue weighted by atomic mass is 9.94. The molecule has 0 saturated carbocycles. The maximum Gasteiger partial charge on any atom is 0.125 e. The topological polar surface area (TPSA) is 49.7 Å². The van der Waals surface area contributed by atoms with Crippen molar-refractivity contribution in [2.75, 3.05) is 6.61 Å². The Labute approximate surface area is 107 Å². The SMILES string of the molecule is CC(C)C(C)(O)COc1ccc(F)cc1[C@H](C)O. The molecular formula is C14H21FO3. The molecule has 0 aromatic heterocycles. The maximum atomic E-state index is 13.1. The van der Waals surface area contributed by atoms with Crippen molar-refractivity contribution >= 4 is 0 Å². The third kappa shape index (κ3) is 3.68. The first-order chi connectivity index (χ1) is 8.24. The summed E-state index contributed by atoms with van der Waals surface area (Å²) >= 11 is 0. The summed E-state index contributed by atoms with van der Waals surface area (Å²) in [5.74, 6) is 0.00847. The van der Waals surface area contributed by atoms with Crippen LogP contribution in [0.15, 0.2) is 18.2 Å². The van der Waals surface area contributed by atoms with E-state index in [1.807, 2.05) is 13.8 Å². The van der Waals surface area contributed by atoms with Crippen molar-refractivity contribution in [3.63, 3.8) is 0 Å². The molecule has 2 atom stereocenters. The smallest absolute Gasteiger partial charge is 0.125 e. The van der Waals surface area contributed by atoms with Gasteiger partial charge in [-0.05, 0) is 38.0 Å². The first kappa shape index (κ1) is 14.9. The van der Waals surface area contributed by atoms with Gasteiger partial charge < -0.3 is 14.9 Å². The number of hydrogen-bond acceptors (Lipinski definition) is 3. The Hall–Kier alpha value is -1.13. The molecule has 0 heterocycles. The van der Waals surface area contributed by atoms with Crippen molar-refractivity contribution in [3.8, 4) is 5.75 Å². The highest BCUT2D eigenvalue weighted by molar-refractivity contribution is 5.35. The Bertz CT molecular complexity index is 400. The largest absolute Gasteiger partial charge is 0.490 e. The van der Waals surface area contributed by atoms with Crippen LogP contribution in [0.4, 0.5) is 4.39 Å². The second kappa shape index (κ2) is 5.67. The molecule has 1 unspecified atom stereocenters. The van der Waals surface area contributed by atoms with E-state index in [0.717, 1.165) is 0 Å². The summed E-state index contributed by atoms with van der Waals surface area (Å²) in [7, 11) is 0. The van der Waals surface area contributed by atoms with Crippen LogP contribution in [0.2, 0.25) is 0 Å². The van der Waals surface area contributed by atoms with Crippen LogP contribution in [0.25, 0.3) is 0 Å². The van der Waals surface area contributed by atoms with Crippen LogP contribution in [-0.4, -0.2) is 22.4 Å². The molecule has 3 nitrogen and oxygen atoms in total. The number of hydrogen-bond donors (Lipinski definition) is 2. The number of aliphatic hydroxyl groups is 2. The Morgan fingerprint density at radius 1 is 1.33 bits per heavy atom. The van der Waals surface area contributed by atoms with Gasteiger partial charge in [-0.3, -0.25) is 0 Å². The minimum atomic E-state index is -0.968. The van der Waals surface area contributed by atoms with E-state index in [1.165, 1.54) is 18.2 Å². The van der Waals surface area contributed by atoms with Gasteiger partial charge in [0.1, 0.15) is 18.2 Å². The maximum absolute atomic E-state index is 13.1. The summed E-state index contributed by atoms with van der Waals surface area (Å²) in [6.45, 7) is 7.11. The molecule has 2 N–H and O–H groups in total. The lowest BCUT2D eigenvalue weighted by Crippen LogP contribution is -2.38. The van der Waals surface area contributed by atoms with E-state index in [4.69, 9.17) is 4.74 Å². The van der Waals surface area contributed by atoms with Gasteiger partial charge in [-0.1, -0.05) is 13.8 Å². The minimum absolute atomic E-state index is 0.0351. The number of aliphatic hydroxyl groups excluding tert-OH is 1. The zero-order chi connectivity index (χ0) is 13.9. The molecule has 0 fully saturated rings. The normalized spacial score (nSPS) is 16.4. The lowest BCUT2D eigenvalue weighted by molar-refractivity contribution is -0.0273. The van der Waals surface area contributed by atoms with Crippen molar-refractivity contribution < 1.29 is 19.3 Å². The number of halogens is 1. The summed E-state index contributed by atoms with van der Waals surface area (Å²) in [4.78, 5) is 0. The molecule has 4 heteroatoms. The second-order valence-corrected chi connectivity index (χ2v) is 5.16. The van der Waals surface area contributed by atoms with E-state index in [9.17, 15) is 14.6 Å². The summed E-state index contributed by atoms with van der Waals surface area (Å²) < 4.78 is 18.6. The van der Waals surface area contributed by atoms with Crippen LogP contribution in [0.3, 0.4) is 0 Å². The van der Waals surface area contributed by atoms with Gasteiger partial charge in [0.25, 0.3) is 0 Å². The minimum Gasteiger partial charge on any atom is -0.490 e. The standard InChI is InChI=1S/C14H21FO3/c1-9(2)14(4,17)8-18-13-6-5-11(15)7-12(13)10(3)16/h5-7,9-10,16-17H,8H2,1-4H3/t10-,14?/m0/s1. The number of ether oxygens (including phenoxy) is 1. The predicted octanol–water partition coefficient (Wildman–Crippen LogP) is 2.66. The Kier molecular flexibility index (Phi) is 4.71. The van der Waals surface area contributed by atoms with Gasteiger partial charge in [0.15, 0.2) is 0 Å². The Morgan fingerprint density at radius 2 is 1.94 bits per heavy atom. The molecule has 0 bridgehead atoms. The van der Waals surface area contributed by atoms with Crippen LogP contribution >= 0.6 is 0 Å². The highest BCUT2D eigenvalue weighted by Gasteiger charge is 2.26. The van der Waals surface area contributed by atoms with Gasteiger partial charge >= 0.3 is 0 Å². The quantitative estimate of drug-likeness (QED) is 0.851. The summed E-state index contributed by atoms with van der Waals surface area (Å²) in [6, 6.07) is 3.98. The molecular weight excluding hydrogens is 235 g/mol. The van der Waals surface area contributed by atoms with E-state index in [-0.39, 0.29) is 12.5 Å². The van der Waals surface area contributed by atoms with E-state index in [2.05, 4.69) is 0 Å². The lowest BCUT2D eigenvalue weighted by Gasteiger charge is -2.28.